The predicted octanol–water partition coefficient (Wildman–Crippen LogP) is 1.43. The summed E-state index contributed by atoms with van der Waals surface area (Å²) in [4.78, 5) is 26.0. The molecule has 1 aliphatic rings. The first-order valence-corrected chi connectivity index (χ1v) is 7.92. The first-order valence-electron chi connectivity index (χ1n) is 7.92. The molecule has 2 amide bonds. The van der Waals surface area contributed by atoms with Crippen molar-refractivity contribution >= 4 is 23.2 Å². The molecule has 0 saturated carbocycles. The third-order valence-electron chi connectivity index (χ3n) is 4.29. The van der Waals surface area contributed by atoms with E-state index >= 15 is 0 Å². The lowest BCUT2D eigenvalue weighted by atomic mass is 10.0. The molecule has 7 nitrogen and oxygen atoms in total. The summed E-state index contributed by atoms with van der Waals surface area (Å²) in [7, 11) is 1.82. The Bertz CT molecular complexity index is 783. The van der Waals surface area contributed by atoms with Gasteiger partial charge in [0.1, 0.15) is 6.04 Å². The lowest BCUT2D eigenvalue weighted by Gasteiger charge is -2.32. The maximum Gasteiger partial charge on any atom is 0.249 e. The lowest BCUT2D eigenvalue weighted by Crippen LogP contribution is -2.47. The van der Waals surface area contributed by atoms with E-state index < -0.39 is 5.91 Å². The Morgan fingerprint density at radius 1 is 1.42 bits per heavy atom. The molecule has 0 bridgehead atoms. The van der Waals surface area contributed by atoms with Crippen LogP contribution in [-0.4, -0.2) is 34.2 Å². The van der Waals surface area contributed by atoms with Gasteiger partial charge in [-0.05, 0) is 37.5 Å². The highest BCUT2D eigenvalue weighted by Gasteiger charge is 2.30. The van der Waals surface area contributed by atoms with Gasteiger partial charge < -0.3 is 16.0 Å². The number of aromatic nitrogens is 2. The van der Waals surface area contributed by atoms with Crippen LogP contribution in [0.15, 0.2) is 30.6 Å². The number of carbonyl (C=O) groups is 2. The standard InChI is InChI=1S/C17H21N5O2/c1-11-5-6-12(8-14(11)16(18)23)20-15-4-3-7-22(17(15)24)13-9-19-21(2)10-13/h5-6,8-10,15,20H,3-4,7H2,1-2H3,(H2,18,23). The predicted molar refractivity (Wildman–Crippen MR) is 91.9 cm³/mol. The lowest BCUT2D eigenvalue weighted by molar-refractivity contribution is -0.120. The van der Waals surface area contributed by atoms with Gasteiger partial charge in [0.05, 0.1) is 11.9 Å². The Labute approximate surface area is 140 Å². The van der Waals surface area contributed by atoms with Crippen LogP contribution < -0.4 is 16.0 Å². The van der Waals surface area contributed by atoms with Crippen molar-refractivity contribution in [1.82, 2.24) is 9.78 Å². The number of aryl methyl sites for hydroxylation is 2. The number of benzene rings is 1. The molecule has 3 rings (SSSR count). The number of anilines is 2. The molecule has 3 N–H and O–H groups in total. The summed E-state index contributed by atoms with van der Waals surface area (Å²) in [6.45, 7) is 2.52. The molecule has 0 aliphatic carbocycles. The summed E-state index contributed by atoms with van der Waals surface area (Å²) < 4.78 is 1.68. The van der Waals surface area contributed by atoms with Gasteiger partial charge in [0.25, 0.3) is 0 Å². The second-order valence-corrected chi connectivity index (χ2v) is 6.10. The number of hydrogen-bond donors (Lipinski definition) is 2. The SMILES string of the molecule is Cc1ccc(NC2CCCN(c3cnn(C)c3)C2=O)cc1C(N)=O. The minimum Gasteiger partial charge on any atom is -0.374 e. The molecule has 126 valence electrons. The molecule has 1 aromatic carbocycles. The van der Waals surface area contributed by atoms with Gasteiger partial charge in [-0.25, -0.2) is 0 Å². The highest BCUT2D eigenvalue weighted by atomic mass is 16.2. The van der Waals surface area contributed by atoms with E-state index in [2.05, 4.69) is 10.4 Å². The van der Waals surface area contributed by atoms with Crippen LogP contribution in [0.5, 0.6) is 0 Å². The van der Waals surface area contributed by atoms with Crippen molar-refractivity contribution in [2.45, 2.75) is 25.8 Å². The Morgan fingerprint density at radius 3 is 2.88 bits per heavy atom. The van der Waals surface area contributed by atoms with Crippen molar-refractivity contribution in [1.29, 1.82) is 0 Å². The number of rotatable bonds is 4. The van der Waals surface area contributed by atoms with Crippen molar-refractivity contribution in [3.63, 3.8) is 0 Å². The summed E-state index contributed by atoms with van der Waals surface area (Å²) in [5.74, 6) is -0.460. The zero-order valence-electron chi connectivity index (χ0n) is 13.8. The van der Waals surface area contributed by atoms with Gasteiger partial charge in [0.15, 0.2) is 0 Å². The number of primary amides is 1. The number of nitrogens with two attached hydrogens (primary N) is 1. The van der Waals surface area contributed by atoms with E-state index in [4.69, 9.17) is 5.73 Å². The summed E-state index contributed by atoms with van der Waals surface area (Å²) >= 11 is 0. The third kappa shape index (κ3) is 3.10. The Balaban J connectivity index is 1.79. The van der Waals surface area contributed by atoms with Gasteiger partial charge in [-0.3, -0.25) is 14.3 Å². The molecular weight excluding hydrogens is 306 g/mol. The van der Waals surface area contributed by atoms with Gasteiger partial charge in [-0.1, -0.05) is 6.07 Å². The normalized spacial score (nSPS) is 17.8. The number of nitrogens with zero attached hydrogens (tertiary/aromatic N) is 3. The molecule has 7 heteroatoms. The van der Waals surface area contributed by atoms with E-state index in [9.17, 15) is 9.59 Å². The van der Waals surface area contributed by atoms with Gasteiger partial charge in [-0.2, -0.15) is 5.10 Å². The molecule has 1 atom stereocenters. The largest absolute Gasteiger partial charge is 0.374 e. The van der Waals surface area contributed by atoms with Crippen LogP contribution in [0.25, 0.3) is 0 Å². The molecule has 2 aromatic rings. The van der Waals surface area contributed by atoms with Gasteiger partial charge >= 0.3 is 0 Å². The Hall–Kier alpha value is -2.83. The van der Waals surface area contributed by atoms with E-state index in [0.717, 1.165) is 29.8 Å². The van der Waals surface area contributed by atoms with Crippen LogP contribution in [0.2, 0.25) is 0 Å². The summed E-state index contributed by atoms with van der Waals surface area (Å²) in [6, 6.07) is 5.06. The second kappa shape index (κ2) is 6.35. The van der Waals surface area contributed by atoms with E-state index in [-0.39, 0.29) is 11.9 Å². The average molecular weight is 327 g/mol. The molecule has 2 heterocycles. The average Bonchev–Trinajstić information content (AvgIpc) is 2.97. The van der Waals surface area contributed by atoms with Gasteiger partial charge in [0, 0.05) is 31.0 Å². The smallest absolute Gasteiger partial charge is 0.249 e. The van der Waals surface area contributed by atoms with E-state index in [0.29, 0.717) is 12.1 Å². The van der Waals surface area contributed by atoms with Crippen LogP contribution in [-0.2, 0) is 11.8 Å². The first kappa shape index (κ1) is 16.0. The molecule has 24 heavy (non-hydrogen) atoms. The summed E-state index contributed by atoms with van der Waals surface area (Å²) in [5, 5.41) is 7.36. The zero-order valence-corrected chi connectivity index (χ0v) is 13.8. The quantitative estimate of drug-likeness (QED) is 0.888. The summed E-state index contributed by atoms with van der Waals surface area (Å²) in [5.41, 5.74) is 8.20. The van der Waals surface area contributed by atoms with Crippen LogP contribution in [0.3, 0.4) is 0 Å². The number of hydrogen-bond acceptors (Lipinski definition) is 4. The van der Waals surface area contributed by atoms with Gasteiger partial charge in [0.2, 0.25) is 11.8 Å². The zero-order chi connectivity index (χ0) is 17.3. The highest BCUT2D eigenvalue weighted by molar-refractivity contribution is 6.00. The van der Waals surface area contributed by atoms with Crippen molar-refractivity contribution in [2.75, 3.05) is 16.8 Å². The number of nitrogens with one attached hydrogen (secondary N) is 1. The van der Waals surface area contributed by atoms with Gasteiger partial charge in [-0.15, -0.1) is 0 Å². The Kier molecular flexibility index (Phi) is 4.24. The van der Waals surface area contributed by atoms with Crippen molar-refractivity contribution in [3.05, 3.63) is 41.7 Å². The molecule has 1 unspecified atom stereocenters. The maximum absolute atomic E-state index is 12.8. The number of amides is 2. The van der Waals surface area contributed by atoms with E-state index in [1.165, 1.54) is 0 Å². The highest BCUT2D eigenvalue weighted by Crippen LogP contribution is 2.23. The molecule has 0 radical (unpaired) electrons. The first-order chi connectivity index (χ1) is 11.5. The van der Waals surface area contributed by atoms with Crippen LogP contribution in [0, 0.1) is 6.92 Å². The molecule has 1 aliphatic heterocycles. The fraction of sp³-hybridized carbons (Fsp3) is 0.353. The van der Waals surface area contributed by atoms with Crippen LogP contribution >= 0.6 is 0 Å². The van der Waals surface area contributed by atoms with Crippen LogP contribution in [0.4, 0.5) is 11.4 Å². The van der Waals surface area contributed by atoms with Crippen molar-refractivity contribution in [2.24, 2.45) is 12.8 Å². The van der Waals surface area contributed by atoms with Crippen molar-refractivity contribution < 1.29 is 9.59 Å². The maximum atomic E-state index is 12.8. The number of piperidine rings is 1. The van der Waals surface area contributed by atoms with Crippen LogP contribution in [0.1, 0.15) is 28.8 Å². The minimum absolute atomic E-state index is 0.00968. The topological polar surface area (TPSA) is 93.2 Å². The van der Waals surface area contributed by atoms with Crippen molar-refractivity contribution in [3.8, 4) is 0 Å². The fourth-order valence-corrected chi connectivity index (χ4v) is 2.99. The van der Waals surface area contributed by atoms with E-state index in [1.807, 2.05) is 32.3 Å². The van der Waals surface area contributed by atoms with E-state index in [1.54, 1.807) is 21.8 Å². The fourth-order valence-electron chi connectivity index (χ4n) is 2.99. The third-order valence-corrected chi connectivity index (χ3v) is 4.29. The Morgan fingerprint density at radius 2 is 2.21 bits per heavy atom. The number of carbonyl (C=O) groups excluding carboxylic acids is 2. The molecule has 1 saturated heterocycles. The molecule has 0 spiro atoms. The minimum atomic E-state index is -0.469. The second-order valence-electron chi connectivity index (χ2n) is 6.10. The monoisotopic (exact) mass is 327 g/mol. The molecule has 1 fully saturated rings. The molecule has 1 aromatic heterocycles. The summed E-state index contributed by atoms with van der Waals surface area (Å²) in [6.07, 6.45) is 5.16. The molecular formula is C17H21N5O2.